The van der Waals surface area contributed by atoms with Crippen molar-refractivity contribution in [2.24, 2.45) is 0 Å². The smallest absolute Gasteiger partial charge is 0.387 e. The number of halogens is 2. The van der Waals surface area contributed by atoms with Gasteiger partial charge in [0.05, 0.1) is 5.69 Å². The monoisotopic (exact) mass is 159 g/mol. The zero-order valence-electron chi connectivity index (χ0n) is 5.92. The van der Waals surface area contributed by atoms with Crippen LogP contribution in [0.1, 0.15) is 5.69 Å². The first-order chi connectivity index (χ1) is 5.20. The Morgan fingerprint density at radius 2 is 2.27 bits per heavy atom. The van der Waals surface area contributed by atoms with Crippen LogP contribution in [0, 0.1) is 6.92 Å². The minimum Gasteiger partial charge on any atom is -0.433 e. The lowest BCUT2D eigenvalue weighted by atomic mass is 10.3. The summed E-state index contributed by atoms with van der Waals surface area (Å²) in [7, 11) is 0. The molecule has 0 aliphatic rings. The lowest BCUT2D eigenvalue weighted by Crippen LogP contribution is -2.03. The van der Waals surface area contributed by atoms with Gasteiger partial charge in [0.2, 0.25) is 0 Å². The Kier molecular flexibility index (Phi) is 2.36. The molecule has 0 bridgehead atoms. The highest BCUT2D eigenvalue weighted by atomic mass is 19.3. The summed E-state index contributed by atoms with van der Waals surface area (Å²) in [4.78, 5) is 3.77. The van der Waals surface area contributed by atoms with Crippen molar-refractivity contribution in [2.45, 2.75) is 13.5 Å². The summed E-state index contributed by atoms with van der Waals surface area (Å²) in [5.41, 5.74) is 0.466. The van der Waals surface area contributed by atoms with Crippen LogP contribution < -0.4 is 4.74 Å². The van der Waals surface area contributed by atoms with Crippen molar-refractivity contribution < 1.29 is 13.5 Å². The summed E-state index contributed by atoms with van der Waals surface area (Å²) in [6.07, 6.45) is 1.52. The molecule has 0 unspecified atom stereocenters. The first-order valence-electron chi connectivity index (χ1n) is 3.06. The predicted molar refractivity (Wildman–Crippen MR) is 35.6 cm³/mol. The summed E-state index contributed by atoms with van der Waals surface area (Å²) < 4.78 is 27.5. The molecule has 1 heterocycles. The first-order valence-corrected chi connectivity index (χ1v) is 3.06. The molecule has 0 radical (unpaired) electrons. The Labute approximate surface area is 62.8 Å². The van der Waals surface area contributed by atoms with Gasteiger partial charge in [0.1, 0.15) is 5.75 Å². The molecule has 60 valence electrons. The van der Waals surface area contributed by atoms with Gasteiger partial charge in [-0.05, 0) is 19.1 Å². The number of aromatic nitrogens is 1. The van der Waals surface area contributed by atoms with E-state index in [1.807, 2.05) is 0 Å². The van der Waals surface area contributed by atoms with E-state index in [2.05, 4.69) is 9.72 Å². The van der Waals surface area contributed by atoms with Crippen molar-refractivity contribution in [1.82, 2.24) is 4.98 Å². The molecule has 0 amide bonds. The summed E-state index contributed by atoms with van der Waals surface area (Å²) in [6, 6.07) is 3.00. The van der Waals surface area contributed by atoms with Crippen molar-refractivity contribution in [1.29, 1.82) is 0 Å². The zero-order valence-corrected chi connectivity index (χ0v) is 5.92. The van der Waals surface area contributed by atoms with E-state index in [0.29, 0.717) is 5.69 Å². The Bertz CT molecular complexity index is 240. The van der Waals surface area contributed by atoms with E-state index in [9.17, 15) is 8.78 Å². The van der Waals surface area contributed by atoms with Gasteiger partial charge in [-0.1, -0.05) is 0 Å². The highest BCUT2D eigenvalue weighted by Crippen LogP contribution is 2.15. The lowest BCUT2D eigenvalue weighted by molar-refractivity contribution is -0.0505. The van der Waals surface area contributed by atoms with E-state index in [-0.39, 0.29) is 5.75 Å². The van der Waals surface area contributed by atoms with Crippen LogP contribution in [-0.4, -0.2) is 11.6 Å². The Morgan fingerprint density at radius 3 is 2.82 bits per heavy atom. The summed E-state index contributed by atoms with van der Waals surface area (Å²) in [5.74, 6) is 0.127. The summed E-state index contributed by atoms with van der Waals surface area (Å²) >= 11 is 0. The largest absolute Gasteiger partial charge is 0.433 e. The normalized spacial score (nSPS) is 10.2. The molecule has 1 aromatic heterocycles. The van der Waals surface area contributed by atoms with Crippen molar-refractivity contribution in [3.63, 3.8) is 0 Å². The van der Waals surface area contributed by atoms with Crippen LogP contribution >= 0.6 is 0 Å². The van der Waals surface area contributed by atoms with Crippen molar-refractivity contribution >= 4 is 0 Å². The molecule has 2 nitrogen and oxygen atoms in total. The molecule has 0 aliphatic carbocycles. The number of hydrogen-bond acceptors (Lipinski definition) is 2. The van der Waals surface area contributed by atoms with Crippen LogP contribution in [0.4, 0.5) is 8.78 Å². The molecule has 11 heavy (non-hydrogen) atoms. The minimum absolute atomic E-state index is 0.127. The SMILES string of the molecule is Cc1ncccc1OC(F)F. The molecule has 0 aliphatic heterocycles. The third-order valence-electron chi connectivity index (χ3n) is 1.17. The quantitative estimate of drug-likeness (QED) is 0.658. The van der Waals surface area contributed by atoms with Gasteiger partial charge in [-0.2, -0.15) is 8.78 Å². The molecule has 1 rings (SSSR count). The molecule has 0 saturated heterocycles. The van der Waals surface area contributed by atoms with Gasteiger partial charge in [-0.25, -0.2) is 0 Å². The second-order valence-corrected chi connectivity index (χ2v) is 1.97. The number of alkyl halides is 2. The van der Waals surface area contributed by atoms with E-state index in [0.717, 1.165) is 0 Å². The Morgan fingerprint density at radius 1 is 1.55 bits per heavy atom. The number of ether oxygens (including phenoxy) is 1. The standard InChI is InChI=1S/C7H7F2NO/c1-5-6(11-7(8)9)3-2-4-10-5/h2-4,7H,1H3. The van der Waals surface area contributed by atoms with E-state index < -0.39 is 6.61 Å². The third-order valence-corrected chi connectivity index (χ3v) is 1.17. The van der Waals surface area contributed by atoms with Gasteiger partial charge in [0.25, 0.3) is 0 Å². The van der Waals surface area contributed by atoms with E-state index in [4.69, 9.17) is 0 Å². The second kappa shape index (κ2) is 3.27. The highest BCUT2D eigenvalue weighted by Gasteiger charge is 2.05. The van der Waals surface area contributed by atoms with E-state index in [1.54, 1.807) is 13.0 Å². The molecule has 1 aromatic rings. The molecular weight excluding hydrogens is 152 g/mol. The van der Waals surface area contributed by atoms with Gasteiger partial charge >= 0.3 is 6.61 Å². The molecule has 0 spiro atoms. The average molecular weight is 159 g/mol. The fourth-order valence-corrected chi connectivity index (χ4v) is 0.690. The molecule has 0 N–H and O–H groups in total. The van der Waals surface area contributed by atoms with Crippen molar-refractivity contribution in [3.8, 4) is 5.75 Å². The van der Waals surface area contributed by atoms with Crippen molar-refractivity contribution in [3.05, 3.63) is 24.0 Å². The van der Waals surface area contributed by atoms with Gasteiger partial charge in [-0.3, -0.25) is 4.98 Å². The molecular formula is C7H7F2NO. The van der Waals surface area contributed by atoms with Crippen LogP contribution in [0.25, 0.3) is 0 Å². The Balaban J connectivity index is 2.78. The lowest BCUT2D eigenvalue weighted by Gasteiger charge is -2.04. The molecule has 0 saturated carbocycles. The number of rotatable bonds is 2. The van der Waals surface area contributed by atoms with Crippen molar-refractivity contribution in [2.75, 3.05) is 0 Å². The number of hydrogen-bond donors (Lipinski definition) is 0. The number of pyridine rings is 1. The summed E-state index contributed by atoms with van der Waals surface area (Å²) in [5, 5.41) is 0. The summed E-state index contributed by atoms with van der Waals surface area (Å²) in [6.45, 7) is -1.17. The van der Waals surface area contributed by atoms with Crippen LogP contribution in [0.3, 0.4) is 0 Å². The molecule has 0 aromatic carbocycles. The fraction of sp³-hybridized carbons (Fsp3) is 0.286. The predicted octanol–water partition coefficient (Wildman–Crippen LogP) is 1.99. The maximum absolute atomic E-state index is 11.7. The average Bonchev–Trinajstić information content (AvgIpc) is 1.93. The van der Waals surface area contributed by atoms with Gasteiger partial charge < -0.3 is 4.74 Å². The minimum atomic E-state index is -2.78. The third kappa shape index (κ3) is 2.14. The van der Waals surface area contributed by atoms with E-state index in [1.165, 1.54) is 12.3 Å². The zero-order chi connectivity index (χ0) is 8.27. The van der Waals surface area contributed by atoms with Gasteiger partial charge in [0.15, 0.2) is 0 Å². The van der Waals surface area contributed by atoms with Crippen LogP contribution in [0.15, 0.2) is 18.3 Å². The maximum atomic E-state index is 11.7. The van der Waals surface area contributed by atoms with Gasteiger partial charge in [-0.15, -0.1) is 0 Å². The van der Waals surface area contributed by atoms with Crippen LogP contribution in [-0.2, 0) is 0 Å². The highest BCUT2D eigenvalue weighted by molar-refractivity contribution is 5.25. The first kappa shape index (κ1) is 7.91. The maximum Gasteiger partial charge on any atom is 0.387 e. The van der Waals surface area contributed by atoms with E-state index >= 15 is 0 Å². The number of nitrogens with zero attached hydrogens (tertiary/aromatic N) is 1. The molecule has 4 heteroatoms. The van der Waals surface area contributed by atoms with Crippen LogP contribution in [0.2, 0.25) is 0 Å². The topological polar surface area (TPSA) is 22.1 Å². The van der Waals surface area contributed by atoms with Gasteiger partial charge in [0, 0.05) is 6.20 Å². The molecule has 0 fully saturated rings. The van der Waals surface area contributed by atoms with Crippen LogP contribution in [0.5, 0.6) is 5.75 Å². The fourth-order valence-electron chi connectivity index (χ4n) is 0.690. The number of aryl methyl sites for hydroxylation is 1. The Hall–Kier alpha value is -1.19. The molecule has 0 atom stereocenters. The second-order valence-electron chi connectivity index (χ2n) is 1.97.